The second-order valence-electron chi connectivity index (χ2n) is 21.7. The molecule has 440 valence electrons. The smallest absolute Gasteiger partial charge is 0.387 e. The second kappa shape index (κ2) is 57.3. The summed E-state index contributed by atoms with van der Waals surface area (Å²) in [7, 11) is 1.55. The molecule has 0 bridgehead atoms. The molecule has 0 fully saturated rings. The minimum Gasteiger partial charge on any atom is -0.387 e. The molecule has 0 aliphatic heterocycles. The number of carbonyl (C=O) groups is 1. The van der Waals surface area contributed by atoms with E-state index in [0.717, 1.165) is 116 Å². The highest BCUT2D eigenvalue weighted by molar-refractivity contribution is 7.47. The van der Waals surface area contributed by atoms with Crippen molar-refractivity contribution in [3.63, 3.8) is 0 Å². The van der Waals surface area contributed by atoms with E-state index in [9.17, 15) is 19.4 Å². The molecule has 0 rings (SSSR count). The molecule has 8 nitrogen and oxygen atoms in total. The molecule has 0 aromatic carbocycles. The first kappa shape index (κ1) is 73.6. The molecule has 0 radical (unpaired) electrons. The molecular weight excluding hydrogens is 972 g/mol. The van der Waals surface area contributed by atoms with Gasteiger partial charge in [-0.1, -0.05) is 270 Å². The summed E-state index contributed by atoms with van der Waals surface area (Å²) in [6.07, 6.45) is 87.0. The van der Waals surface area contributed by atoms with Gasteiger partial charge in [0.1, 0.15) is 13.2 Å². The molecule has 0 aromatic rings. The van der Waals surface area contributed by atoms with Gasteiger partial charge in [-0.3, -0.25) is 13.8 Å². The Kier molecular flexibility index (Phi) is 54.8. The maximum absolute atomic E-state index is 13.0. The maximum atomic E-state index is 13.0. The van der Waals surface area contributed by atoms with Crippen molar-refractivity contribution in [3.05, 3.63) is 134 Å². The molecule has 77 heavy (non-hydrogen) atoms. The number of allylic oxidation sites excluding steroid dienone is 21. The number of amides is 1. The van der Waals surface area contributed by atoms with Crippen LogP contribution in [-0.4, -0.2) is 73.4 Å². The monoisotopic (exact) mass is 1090 g/mol. The van der Waals surface area contributed by atoms with Crippen LogP contribution in [0.5, 0.6) is 0 Å². The summed E-state index contributed by atoms with van der Waals surface area (Å²) in [5, 5.41) is 13.9. The lowest BCUT2D eigenvalue weighted by Gasteiger charge is -2.25. The number of aliphatic hydroxyl groups excluding tert-OH is 1. The van der Waals surface area contributed by atoms with Gasteiger partial charge in [-0.15, -0.1) is 0 Å². The number of hydrogen-bond acceptors (Lipinski definition) is 5. The fourth-order valence-electron chi connectivity index (χ4n) is 8.30. The summed E-state index contributed by atoms with van der Waals surface area (Å²) in [6, 6.07) is -0.860. The molecule has 0 saturated carbocycles. The van der Waals surface area contributed by atoms with Gasteiger partial charge in [-0.25, -0.2) is 4.57 Å². The van der Waals surface area contributed by atoms with Crippen LogP contribution >= 0.6 is 7.82 Å². The van der Waals surface area contributed by atoms with Gasteiger partial charge in [0.2, 0.25) is 5.91 Å². The number of phosphoric acid groups is 1. The van der Waals surface area contributed by atoms with Crippen molar-refractivity contribution in [3.8, 4) is 0 Å². The van der Waals surface area contributed by atoms with Crippen molar-refractivity contribution in [1.29, 1.82) is 0 Å². The van der Waals surface area contributed by atoms with Crippen molar-refractivity contribution >= 4 is 13.7 Å². The fraction of sp³-hybridized carbons (Fsp3) is 0.662. The minimum atomic E-state index is -4.36. The van der Waals surface area contributed by atoms with Crippen LogP contribution in [0.25, 0.3) is 0 Å². The van der Waals surface area contributed by atoms with E-state index in [1.807, 2.05) is 27.2 Å². The zero-order valence-corrected chi connectivity index (χ0v) is 51.0. The number of rotatable bonds is 55. The molecule has 9 heteroatoms. The van der Waals surface area contributed by atoms with E-state index in [2.05, 4.69) is 141 Å². The number of nitrogens with zero attached hydrogens (tertiary/aromatic N) is 1. The molecule has 1 amide bonds. The van der Waals surface area contributed by atoms with Gasteiger partial charge in [0, 0.05) is 6.42 Å². The molecule has 3 atom stereocenters. The Morgan fingerprint density at radius 1 is 0.455 bits per heavy atom. The number of quaternary nitrogens is 1. The first-order valence-electron chi connectivity index (χ1n) is 31.1. The lowest BCUT2D eigenvalue weighted by molar-refractivity contribution is -0.870. The molecule has 0 saturated heterocycles. The standard InChI is InChI=1S/C68H117N2O6P/c1-6-8-10-12-14-16-18-20-22-24-25-26-27-28-29-30-31-32-33-34-35-36-37-38-39-40-41-42-43-44-45-46-48-50-52-54-56-58-60-62-68(72)69-66(65-76-77(73,74)75-64-63-70(3,4)5)67(71)61-59-57-55-53-51-49-47-23-21-19-17-15-13-11-9-7-2/h8,10,14,16,20,22,25-26,28-29,31-32,34-35,37-38,40-41,43-44,59,61,66-67,71H,6-7,9,11-13,15,17-19,21,23-24,27,30,33,36,39,42,45-58,60,62-65H2,1-5H3,(H-,69,72,73,74)/p+1/b10-8-,16-14-,22-20-,26-25-,29-28-,32-31-,35-34-,38-37-,41-40-,44-43-,61-59+. The normalized spacial score (nSPS) is 14.7. The third-order valence-electron chi connectivity index (χ3n) is 13.1. The number of unbranched alkanes of at least 4 members (excludes halogenated alkanes) is 22. The van der Waals surface area contributed by atoms with Crippen molar-refractivity contribution in [2.75, 3.05) is 40.9 Å². The Morgan fingerprint density at radius 2 is 0.779 bits per heavy atom. The largest absolute Gasteiger partial charge is 0.472 e. The lowest BCUT2D eigenvalue weighted by Crippen LogP contribution is -2.45. The van der Waals surface area contributed by atoms with Gasteiger partial charge in [-0.05, 0) is 96.3 Å². The molecule has 0 aromatic heterocycles. The number of hydrogen-bond donors (Lipinski definition) is 3. The summed E-state index contributed by atoms with van der Waals surface area (Å²) < 4.78 is 23.7. The fourth-order valence-corrected chi connectivity index (χ4v) is 9.04. The van der Waals surface area contributed by atoms with E-state index in [1.54, 1.807) is 6.08 Å². The predicted molar refractivity (Wildman–Crippen MR) is 336 cm³/mol. The number of likely N-dealkylation sites (N-methyl/N-ethyl adjacent to an activating group) is 1. The highest BCUT2D eigenvalue weighted by atomic mass is 31.2. The minimum absolute atomic E-state index is 0.0537. The summed E-state index contributed by atoms with van der Waals surface area (Å²) in [4.78, 5) is 23.3. The number of carbonyl (C=O) groups excluding carboxylic acids is 1. The van der Waals surface area contributed by atoms with Crippen LogP contribution in [0.15, 0.2) is 134 Å². The highest BCUT2D eigenvalue weighted by Crippen LogP contribution is 2.43. The van der Waals surface area contributed by atoms with Crippen LogP contribution in [0.1, 0.15) is 239 Å². The van der Waals surface area contributed by atoms with E-state index in [-0.39, 0.29) is 19.1 Å². The first-order chi connectivity index (χ1) is 37.5. The summed E-state index contributed by atoms with van der Waals surface area (Å²) in [6.45, 7) is 4.69. The molecule has 0 aliphatic rings. The molecular formula is C68H118N2O6P+. The van der Waals surface area contributed by atoms with Gasteiger partial charge in [0.25, 0.3) is 0 Å². The van der Waals surface area contributed by atoms with Gasteiger partial charge < -0.3 is 19.8 Å². The van der Waals surface area contributed by atoms with Crippen LogP contribution in [0.4, 0.5) is 0 Å². The van der Waals surface area contributed by atoms with Gasteiger partial charge in [0.15, 0.2) is 0 Å². The zero-order valence-electron chi connectivity index (χ0n) is 50.1. The zero-order chi connectivity index (χ0) is 56.3. The molecule has 0 heterocycles. The Morgan fingerprint density at radius 3 is 1.14 bits per heavy atom. The highest BCUT2D eigenvalue weighted by Gasteiger charge is 2.27. The summed E-state index contributed by atoms with van der Waals surface area (Å²) >= 11 is 0. The van der Waals surface area contributed by atoms with E-state index in [4.69, 9.17) is 9.05 Å². The van der Waals surface area contributed by atoms with Crippen LogP contribution in [0.3, 0.4) is 0 Å². The average molecular weight is 1090 g/mol. The first-order valence-corrected chi connectivity index (χ1v) is 32.6. The molecule has 3 unspecified atom stereocenters. The van der Waals surface area contributed by atoms with Crippen molar-refractivity contribution in [1.82, 2.24) is 5.32 Å². The number of aliphatic hydroxyl groups is 1. The number of nitrogens with one attached hydrogen (secondary N) is 1. The van der Waals surface area contributed by atoms with E-state index >= 15 is 0 Å². The van der Waals surface area contributed by atoms with E-state index in [0.29, 0.717) is 17.4 Å². The Balaban J connectivity index is 4.16. The Labute approximate surface area is 475 Å². The van der Waals surface area contributed by atoms with Crippen LogP contribution in [0, 0.1) is 0 Å². The quantitative estimate of drug-likeness (QED) is 0.0243. The predicted octanol–water partition coefficient (Wildman–Crippen LogP) is 19.5. The molecule has 3 N–H and O–H groups in total. The second-order valence-corrected chi connectivity index (χ2v) is 23.2. The average Bonchev–Trinajstić information content (AvgIpc) is 3.39. The lowest BCUT2D eigenvalue weighted by atomic mass is 10.0. The summed E-state index contributed by atoms with van der Waals surface area (Å²) in [5.41, 5.74) is 0. The van der Waals surface area contributed by atoms with E-state index < -0.39 is 20.0 Å². The van der Waals surface area contributed by atoms with E-state index in [1.165, 1.54) is 103 Å². The van der Waals surface area contributed by atoms with Crippen molar-refractivity contribution < 1.29 is 32.9 Å². The third-order valence-corrected chi connectivity index (χ3v) is 14.1. The van der Waals surface area contributed by atoms with Crippen molar-refractivity contribution in [2.45, 2.75) is 251 Å². The molecule has 0 spiro atoms. The Hall–Kier alpha value is -3.36. The summed E-state index contributed by atoms with van der Waals surface area (Å²) in [5.74, 6) is -0.190. The topological polar surface area (TPSA) is 105 Å². The SMILES string of the molecule is CC/C=C\C/C=C\C/C=C\C/C=C\C/C=C\C/C=C\C/C=C\C/C=C\C/C=C\C/C=C\CCCCCCCCCCC(=O)NC(COP(=O)(O)OCC[N+](C)(C)C)C(O)/C=C/CCCCCCCCCCCCCCCC. The van der Waals surface area contributed by atoms with Crippen LogP contribution in [0.2, 0.25) is 0 Å². The van der Waals surface area contributed by atoms with Crippen molar-refractivity contribution in [2.24, 2.45) is 0 Å². The van der Waals surface area contributed by atoms with Crippen LogP contribution in [-0.2, 0) is 18.4 Å². The van der Waals surface area contributed by atoms with Crippen LogP contribution < -0.4 is 5.32 Å². The Bertz CT molecular complexity index is 1710. The number of phosphoric ester groups is 1. The molecule has 0 aliphatic carbocycles. The third kappa shape index (κ3) is 60.1. The van der Waals surface area contributed by atoms with Gasteiger partial charge in [0.05, 0.1) is 39.9 Å². The maximum Gasteiger partial charge on any atom is 0.472 e. The van der Waals surface area contributed by atoms with Gasteiger partial charge >= 0.3 is 7.82 Å². The van der Waals surface area contributed by atoms with Gasteiger partial charge in [-0.2, -0.15) is 0 Å².